The minimum atomic E-state index is -0.395. The van der Waals surface area contributed by atoms with Crippen molar-refractivity contribution < 1.29 is 19.1 Å². The molecular formula is C28H29N5O4S3. The largest absolute Gasteiger partial charge is 0.462 e. The number of esters is 1. The topological polar surface area (TPSA) is 115 Å². The number of aromatic nitrogens is 3. The molecule has 0 spiro atoms. The number of amides is 2. The average molecular weight is 596 g/mol. The molecule has 0 bridgehead atoms. The Hall–Kier alpha value is -3.48. The van der Waals surface area contributed by atoms with Crippen LogP contribution in [0.4, 0.5) is 5.00 Å². The Morgan fingerprint density at radius 2 is 1.98 bits per heavy atom. The molecule has 3 heterocycles. The van der Waals surface area contributed by atoms with Gasteiger partial charge in [0.1, 0.15) is 5.00 Å². The fraction of sp³-hybridized carbons (Fsp3) is 0.321. The number of carbonyl (C=O) groups excluding carboxylic acids is 3. The molecule has 1 aliphatic rings. The van der Waals surface area contributed by atoms with Crippen molar-refractivity contribution >= 4 is 57.2 Å². The Labute approximate surface area is 244 Å². The van der Waals surface area contributed by atoms with E-state index < -0.39 is 5.97 Å². The highest BCUT2D eigenvalue weighted by Crippen LogP contribution is 2.39. The van der Waals surface area contributed by atoms with Crippen LogP contribution in [0.1, 0.15) is 60.8 Å². The van der Waals surface area contributed by atoms with E-state index in [1.807, 2.05) is 48.1 Å². The Bertz CT molecular complexity index is 1560. The molecule has 0 radical (unpaired) electrons. The van der Waals surface area contributed by atoms with Gasteiger partial charge in [0.2, 0.25) is 5.91 Å². The van der Waals surface area contributed by atoms with Gasteiger partial charge >= 0.3 is 5.97 Å². The zero-order valence-electron chi connectivity index (χ0n) is 22.4. The van der Waals surface area contributed by atoms with Crippen LogP contribution in [0.5, 0.6) is 0 Å². The van der Waals surface area contributed by atoms with Gasteiger partial charge in [-0.15, -0.1) is 32.9 Å². The van der Waals surface area contributed by atoms with Crippen LogP contribution in [0.15, 0.2) is 40.9 Å². The second-order valence-electron chi connectivity index (χ2n) is 9.23. The van der Waals surface area contributed by atoms with E-state index in [0.717, 1.165) is 46.5 Å². The Morgan fingerprint density at radius 1 is 1.12 bits per heavy atom. The lowest BCUT2D eigenvalue weighted by atomic mass is 10.1. The first-order valence-electron chi connectivity index (χ1n) is 12.9. The van der Waals surface area contributed by atoms with Gasteiger partial charge in [0.25, 0.3) is 5.91 Å². The number of rotatable bonds is 10. The van der Waals surface area contributed by atoms with Gasteiger partial charge in [0, 0.05) is 4.88 Å². The summed E-state index contributed by atoms with van der Waals surface area (Å²) in [5, 5.41) is 17.5. The van der Waals surface area contributed by atoms with Crippen LogP contribution in [0.3, 0.4) is 0 Å². The van der Waals surface area contributed by atoms with Gasteiger partial charge in [-0.2, -0.15) is 0 Å². The summed E-state index contributed by atoms with van der Waals surface area (Å²) >= 11 is 4.07. The summed E-state index contributed by atoms with van der Waals surface area (Å²) in [5.41, 5.74) is 4.51. The molecular weight excluding hydrogens is 567 g/mol. The van der Waals surface area contributed by atoms with E-state index in [4.69, 9.17) is 4.74 Å². The molecule has 2 N–H and O–H groups in total. The number of nitrogens with zero attached hydrogens (tertiary/aromatic N) is 3. The number of thiophene rings is 2. The molecule has 9 nitrogen and oxygen atoms in total. The molecule has 12 heteroatoms. The number of anilines is 1. The molecule has 0 aliphatic heterocycles. The lowest BCUT2D eigenvalue weighted by Gasteiger charge is -2.14. The van der Waals surface area contributed by atoms with Crippen molar-refractivity contribution in [2.24, 2.45) is 0 Å². The lowest BCUT2D eigenvalue weighted by molar-refractivity contribution is -0.113. The van der Waals surface area contributed by atoms with E-state index in [-0.39, 0.29) is 30.7 Å². The fourth-order valence-corrected chi connectivity index (χ4v) is 7.28. The van der Waals surface area contributed by atoms with Gasteiger partial charge in [-0.05, 0) is 74.2 Å². The molecule has 4 aromatic rings. The first-order chi connectivity index (χ1) is 19.4. The average Bonchev–Trinajstić information content (AvgIpc) is 3.73. The SMILES string of the molecule is CCOC(=O)c1c(NC(=O)CSc2nnc(CNC(=O)c3cccs3)n2-c2cccc(C)c2C)sc2c1CCC2. The smallest absolute Gasteiger partial charge is 0.341 e. The summed E-state index contributed by atoms with van der Waals surface area (Å²) in [6.45, 7) is 6.27. The normalized spacial score (nSPS) is 12.3. The number of fused-ring (bicyclic) bond motifs is 1. The van der Waals surface area contributed by atoms with Crippen molar-refractivity contribution in [3.63, 3.8) is 0 Å². The van der Waals surface area contributed by atoms with Crippen LogP contribution >= 0.6 is 34.4 Å². The lowest BCUT2D eigenvalue weighted by Crippen LogP contribution is -2.24. The van der Waals surface area contributed by atoms with E-state index in [1.165, 1.54) is 34.4 Å². The van der Waals surface area contributed by atoms with Crippen molar-refractivity contribution in [2.45, 2.75) is 51.7 Å². The highest BCUT2D eigenvalue weighted by Gasteiger charge is 2.28. The standard InChI is InChI=1S/C28H29N5O4S3/c1-4-37-27(36)24-18-9-6-11-20(18)40-26(24)30-23(34)15-39-28-32-31-22(14-29-25(35)21-12-7-13-38-21)33(28)19-10-5-8-16(2)17(19)3/h5,7-8,10,12-13H,4,6,9,11,14-15H2,1-3H3,(H,29,35)(H,30,34). The quantitative estimate of drug-likeness (QED) is 0.188. The summed E-state index contributed by atoms with van der Waals surface area (Å²) in [5.74, 6) is -0.206. The number of thioether (sulfide) groups is 1. The number of aryl methyl sites for hydroxylation is 2. The van der Waals surface area contributed by atoms with Crippen molar-refractivity contribution in [1.29, 1.82) is 0 Å². The molecule has 1 aromatic carbocycles. The van der Waals surface area contributed by atoms with Crippen molar-refractivity contribution in [2.75, 3.05) is 17.7 Å². The summed E-state index contributed by atoms with van der Waals surface area (Å²) in [6.07, 6.45) is 2.72. The number of carbonyl (C=O) groups is 3. The number of nitrogens with one attached hydrogen (secondary N) is 2. The second kappa shape index (κ2) is 12.4. The third-order valence-corrected chi connectivity index (χ3v) is 9.66. The molecule has 208 valence electrons. The first-order valence-corrected chi connectivity index (χ1v) is 15.6. The molecule has 0 atom stereocenters. The Balaban J connectivity index is 1.35. The third kappa shape index (κ3) is 5.84. The van der Waals surface area contributed by atoms with Crippen LogP contribution < -0.4 is 10.6 Å². The van der Waals surface area contributed by atoms with Crippen molar-refractivity contribution in [1.82, 2.24) is 20.1 Å². The van der Waals surface area contributed by atoms with E-state index in [9.17, 15) is 14.4 Å². The van der Waals surface area contributed by atoms with E-state index >= 15 is 0 Å². The summed E-state index contributed by atoms with van der Waals surface area (Å²) in [4.78, 5) is 40.1. The predicted molar refractivity (Wildman–Crippen MR) is 158 cm³/mol. The van der Waals surface area contributed by atoms with Crippen molar-refractivity contribution in [3.8, 4) is 5.69 Å². The van der Waals surface area contributed by atoms with Gasteiger partial charge in [-0.25, -0.2) is 4.79 Å². The first kappa shape index (κ1) is 28.1. The maximum absolute atomic E-state index is 13.1. The van der Waals surface area contributed by atoms with Crippen LogP contribution in [0, 0.1) is 13.8 Å². The van der Waals surface area contributed by atoms with E-state index in [0.29, 0.717) is 26.4 Å². The Kier molecular flexibility index (Phi) is 8.67. The zero-order chi connectivity index (χ0) is 28.2. The van der Waals surface area contributed by atoms with E-state index in [1.54, 1.807) is 13.0 Å². The fourth-order valence-electron chi connectivity index (χ4n) is 4.59. The molecule has 0 fully saturated rings. The predicted octanol–water partition coefficient (Wildman–Crippen LogP) is 5.33. The van der Waals surface area contributed by atoms with Crippen LogP contribution in [-0.4, -0.2) is 44.9 Å². The van der Waals surface area contributed by atoms with Gasteiger partial charge in [-0.3, -0.25) is 14.2 Å². The maximum atomic E-state index is 13.1. The minimum Gasteiger partial charge on any atom is -0.462 e. The molecule has 3 aromatic heterocycles. The molecule has 1 aliphatic carbocycles. The van der Waals surface area contributed by atoms with Crippen LogP contribution in [0.25, 0.3) is 5.69 Å². The molecule has 0 saturated heterocycles. The number of hydrogen-bond donors (Lipinski definition) is 2. The summed E-state index contributed by atoms with van der Waals surface area (Å²) in [7, 11) is 0. The van der Waals surface area contributed by atoms with Crippen LogP contribution in [0.2, 0.25) is 0 Å². The van der Waals surface area contributed by atoms with E-state index in [2.05, 4.69) is 20.8 Å². The highest BCUT2D eigenvalue weighted by molar-refractivity contribution is 7.99. The molecule has 0 unspecified atom stereocenters. The molecule has 2 amide bonds. The van der Waals surface area contributed by atoms with Crippen molar-refractivity contribution in [3.05, 3.63) is 73.5 Å². The number of ether oxygens (including phenoxy) is 1. The molecule has 40 heavy (non-hydrogen) atoms. The molecule has 5 rings (SSSR count). The monoisotopic (exact) mass is 595 g/mol. The second-order valence-corrected chi connectivity index (χ2v) is 12.2. The summed E-state index contributed by atoms with van der Waals surface area (Å²) < 4.78 is 7.16. The number of benzene rings is 1. The van der Waals surface area contributed by atoms with Gasteiger partial charge in [0.15, 0.2) is 11.0 Å². The van der Waals surface area contributed by atoms with Gasteiger partial charge in [-0.1, -0.05) is 30.0 Å². The molecule has 0 saturated carbocycles. The zero-order valence-corrected chi connectivity index (χ0v) is 24.9. The van der Waals surface area contributed by atoms with Gasteiger partial charge < -0.3 is 15.4 Å². The third-order valence-electron chi connectivity index (χ3n) is 6.66. The maximum Gasteiger partial charge on any atom is 0.341 e. The minimum absolute atomic E-state index is 0.0649. The van der Waals surface area contributed by atoms with Gasteiger partial charge in [0.05, 0.1) is 35.0 Å². The highest BCUT2D eigenvalue weighted by atomic mass is 32.2. The number of hydrogen-bond acceptors (Lipinski definition) is 9. The van der Waals surface area contributed by atoms with Crippen LogP contribution in [-0.2, 0) is 28.9 Å². The Morgan fingerprint density at radius 3 is 2.75 bits per heavy atom. The summed E-state index contributed by atoms with van der Waals surface area (Å²) in [6, 6.07) is 9.56.